The fraction of sp³-hybridized carbons (Fsp3) is 0.562. The van der Waals surface area contributed by atoms with Crippen molar-refractivity contribution in [2.75, 3.05) is 7.05 Å². The second-order valence-corrected chi connectivity index (χ2v) is 7.05. The predicted octanol–water partition coefficient (Wildman–Crippen LogP) is 4.03. The van der Waals surface area contributed by atoms with Gasteiger partial charge in [-0.3, -0.25) is 4.79 Å². The molecule has 114 valence electrons. The first-order valence-corrected chi connectivity index (χ1v) is 8.13. The van der Waals surface area contributed by atoms with Crippen LogP contribution in [0.3, 0.4) is 0 Å². The normalized spacial score (nSPS) is 30.3. The van der Waals surface area contributed by atoms with Crippen molar-refractivity contribution in [2.24, 2.45) is 5.92 Å². The molecule has 0 radical (unpaired) electrons. The molecular formula is C16H19Cl2NO2. The first kappa shape index (κ1) is 15.1. The van der Waals surface area contributed by atoms with Gasteiger partial charge in [0.05, 0.1) is 5.92 Å². The largest absolute Gasteiger partial charge is 0.481 e. The van der Waals surface area contributed by atoms with E-state index >= 15 is 0 Å². The van der Waals surface area contributed by atoms with E-state index < -0.39 is 11.9 Å². The highest BCUT2D eigenvalue weighted by Gasteiger charge is 2.44. The minimum atomic E-state index is -0.820. The average molecular weight is 328 g/mol. The third-order valence-corrected chi connectivity index (χ3v) is 5.84. The second-order valence-electron chi connectivity index (χ2n) is 6.23. The third-order valence-electron chi connectivity index (χ3n) is 5.18. The first-order valence-electron chi connectivity index (χ1n) is 7.37. The molecule has 3 unspecified atom stereocenters. The van der Waals surface area contributed by atoms with Crippen LogP contribution in [-0.4, -0.2) is 35.1 Å². The SMILES string of the molecule is CN1C2CCC1CC(C(C(=O)O)c1c(Cl)cccc1Cl)C2. The molecule has 1 aromatic rings. The molecule has 1 aromatic carbocycles. The average Bonchev–Trinajstić information content (AvgIpc) is 2.64. The van der Waals surface area contributed by atoms with Crippen molar-refractivity contribution >= 4 is 29.2 Å². The smallest absolute Gasteiger partial charge is 0.311 e. The lowest BCUT2D eigenvalue weighted by molar-refractivity contribution is -0.141. The summed E-state index contributed by atoms with van der Waals surface area (Å²) >= 11 is 12.5. The van der Waals surface area contributed by atoms with Crippen molar-refractivity contribution in [3.8, 4) is 0 Å². The molecule has 2 bridgehead atoms. The number of fused-ring (bicyclic) bond motifs is 2. The van der Waals surface area contributed by atoms with Gasteiger partial charge in [0.25, 0.3) is 0 Å². The zero-order chi connectivity index (χ0) is 15.1. The van der Waals surface area contributed by atoms with Crippen LogP contribution in [0.4, 0.5) is 0 Å². The van der Waals surface area contributed by atoms with Crippen LogP contribution in [0.25, 0.3) is 0 Å². The van der Waals surface area contributed by atoms with Crippen LogP contribution in [0.15, 0.2) is 18.2 Å². The Hall–Kier alpha value is -0.770. The van der Waals surface area contributed by atoms with E-state index in [-0.39, 0.29) is 5.92 Å². The summed E-state index contributed by atoms with van der Waals surface area (Å²) in [6.45, 7) is 0. The molecule has 3 nitrogen and oxygen atoms in total. The highest BCUT2D eigenvalue weighted by molar-refractivity contribution is 6.36. The van der Waals surface area contributed by atoms with Gasteiger partial charge in [-0.05, 0) is 50.8 Å². The number of hydrogen-bond acceptors (Lipinski definition) is 2. The van der Waals surface area contributed by atoms with Gasteiger partial charge in [0.2, 0.25) is 0 Å². The summed E-state index contributed by atoms with van der Waals surface area (Å²) in [4.78, 5) is 14.3. The number of aliphatic carboxylic acids is 1. The summed E-state index contributed by atoms with van der Waals surface area (Å²) in [6.07, 6.45) is 4.15. The van der Waals surface area contributed by atoms with Gasteiger partial charge in [0.15, 0.2) is 0 Å². The van der Waals surface area contributed by atoms with Crippen molar-refractivity contribution in [3.05, 3.63) is 33.8 Å². The number of rotatable bonds is 3. The van der Waals surface area contributed by atoms with Gasteiger partial charge in [0.1, 0.15) is 0 Å². The van der Waals surface area contributed by atoms with Gasteiger partial charge >= 0.3 is 5.97 Å². The zero-order valence-corrected chi connectivity index (χ0v) is 13.4. The number of carboxylic acids is 1. The van der Waals surface area contributed by atoms with E-state index in [1.807, 2.05) is 0 Å². The summed E-state index contributed by atoms with van der Waals surface area (Å²) in [5.74, 6) is -1.32. The molecule has 1 N–H and O–H groups in total. The molecule has 0 spiro atoms. The van der Waals surface area contributed by atoms with Crippen LogP contribution < -0.4 is 0 Å². The number of carboxylic acid groups (broad SMARTS) is 1. The molecule has 0 aromatic heterocycles. The highest BCUT2D eigenvalue weighted by Crippen LogP contribution is 2.46. The van der Waals surface area contributed by atoms with Crippen molar-refractivity contribution in [1.29, 1.82) is 0 Å². The molecule has 0 amide bonds. The number of nitrogens with zero attached hydrogens (tertiary/aromatic N) is 1. The van der Waals surface area contributed by atoms with Crippen molar-refractivity contribution in [2.45, 2.75) is 43.7 Å². The summed E-state index contributed by atoms with van der Waals surface area (Å²) in [5.41, 5.74) is 0.585. The van der Waals surface area contributed by atoms with E-state index in [9.17, 15) is 9.90 Å². The summed E-state index contributed by atoms with van der Waals surface area (Å²) in [7, 11) is 2.15. The van der Waals surface area contributed by atoms with Gasteiger partial charge in [-0.15, -0.1) is 0 Å². The molecule has 0 aliphatic carbocycles. The molecule has 21 heavy (non-hydrogen) atoms. The Labute approximate surface area is 134 Å². The number of hydrogen-bond donors (Lipinski definition) is 1. The fourth-order valence-corrected chi connectivity index (χ4v) is 4.73. The molecule has 2 aliphatic rings. The highest BCUT2D eigenvalue weighted by atomic mass is 35.5. The molecule has 2 heterocycles. The van der Waals surface area contributed by atoms with E-state index in [0.717, 1.165) is 12.8 Å². The minimum Gasteiger partial charge on any atom is -0.481 e. The molecule has 2 fully saturated rings. The monoisotopic (exact) mass is 327 g/mol. The second kappa shape index (κ2) is 5.79. The zero-order valence-electron chi connectivity index (χ0n) is 11.9. The van der Waals surface area contributed by atoms with Crippen LogP contribution in [0.5, 0.6) is 0 Å². The Bertz CT molecular complexity index is 529. The van der Waals surface area contributed by atoms with Gasteiger partial charge in [-0.1, -0.05) is 29.3 Å². The topological polar surface area (TPSA) is 40.5 Å². The van der Waals surface area contributed by atoms with Crippen molar-refractivity contribution in [1.82, 2.24) is 4.90 Å². The maximum absolute atomic E-state index is 11.9. The van der Waals surface area contributed by atoms with Crippen LogP contribution in [-0.2, 0) is 4.79 Å². The molecule has 5 heteroatoms. The molecule has 2 aliphatic heterocycles. The van der Waals surface area contributed by atoms with Crippen LogP contribution in [0.1, 0.15) is 37.2 Å². The Morgan fingerprint density at radius 3 is 2.24 bits per heavy atom. The standard InChI is InChI=1S/C16H19Cl2NO2/c1-19-10-5-6-11(19)8-9(7-10)14(16(20)21)15-12(17)3-2-4-13(15)18/h2-4,9-11,14H,5-8H2,1H3,(H,20,21). The third kappa shape index (κ3) is 2.67. The Morgan fingerprint density at radius 1 is 1.24 bits per heavy atom. The molecular weight excluding hydrogens is 309 g/mol. The lowest BCUT2D eigenvalue weighted by atomic mass is 9.77. The maximum atomic E-state index is 11.9. The van der Waals surface area contributed by atoms with E-state index in [1.165, 1.54) is 12.8 Å². The van der Waals surface area contributed by atoms with Gasteiger partial charge < -0.3 is 10.0 Å². The van der Waals surface area contributed by atoms with Gasteiger partial charge in [-0.25, -0.2) is 0 Å². The van der Waals surface area contributed by atoms with E-state index in [4.69, 9.17) is 23.2 Å². The fourth-order valence-electron chi connectivity index (χ4n) is 4.09. The van der Waals surface area contributed by atoms with E-state index in [1.54, 1.807) is 18.2 Å². The lowest BCUT2D eigenvalue weighted by Gasteiger charge is -2.39. The van der Waals surface area contributed by atoms with Crippen LogP contribution in [0.2, 0.25) is 10.0 Å². The van der Waals surface area contributed by atoms with Crippen LogP contribution in [0, 0.1) is 5.92 Å². The molecule has 3 atom stereocenters. The summed E-state index contributed by atoms with van der Waals surface area (Å²) in [6, 6.07) is 6.20. The quantitative estimate of drug-likeness (QED) is 0.910. The Kier molecular flexibility index (Phi) is 4.17. The maximum Gasteiger partial charge on any atom is 0.311 e. The number of halogens is 2. The van der Waals surface area contributed by atoms with Crippen molar-refractivity contribution in [3.63, 3.8) is 0 Å². The summed E-state index contributed by atoms with van der Waals surface area (Å²) < 4.78 is 0. The van der Waals surface area contributed by atoms with Crippen molar-refractivity contribution < 1.29 is 9.90 Å². The summed E-state index contributed by atoms with van der Waals surface area (Å²) in [5, 5.41) is 10.7. The van der Waals surface area contributed by atoms with Crippen LogP contribution >= 0.6 is 23.2 Å². The Balaban J connectivity index is 1.95. The number of benzene rings is 1. The molecule has 2 saturated heterocycles. The van der Waals surface area contributed by atoms with E-state index in [2.05, 4.69) is 11.9 Å². The van der Waals surface area contributed by atoms with E-state index in [0.29, 0.717) is 27.7 Å². The number of carbonyl (C=O) groups is 1. The Morgan fingerprint density at radius 2 is 1.76 bits per heavy atom. The molecule has 0 saturated carbocycles. The van der Waals surface area contributed by atoms with Gasteiger partial charge in [0, 0.05) is 27.7 Å². The minimum absolute atomic E-state index is 0.105. The molecule has 3 rings (SSSR count). The first-order chi connectivity index (χ1) is 9.99. The number of piperidine rings is 1. The lowest BCUT2D eigenvalue weighted by Crippen LogP contribution is -2.42. The van der Waals surface area contributed by atoms with Gasteiger partial charge in [-0.2, -0.15) is 0 Å². The predicted molar refractivity (Wildman–Crippen MR) is 84.1 cm³/mol.